The third-order valence-corrected chi connectivity index (χ3v) is 22.3. The maximum absolute atomic E-state index is 12.3. The zero-order chi connectivity index (χ0) is 30.0. The van der Waals surface area contributed by atoms with Crippen molar-refractivity contribution in [3.63, 3.8) is 0 Å². The highest BCUT2D eigenvalue weighted by molar-refractivity contribution is 6.74. The SMILES string of the molecule is COC(=O)/C=C1\C[C@@H](CC(C)(C)[Si](C)(C)O)/C(=C/CCO[Si](C)(C)C(C)(C)C)[C@H](O[Si](C)(C)C(C)(C)C)C1. The molecule has 0 aromatic heterocycles. The first kappa shape index (κ1) is 35.5. The number of esters is 1. The molecule has 5 nitrogen and oxygen atoms in total. The number of rotatable bonds is 10. The van der Waals surface area contributed by atoms with Gasteiger partial charge < -0.3 is 18.4 Å². The Morgan fingerprint density at radius 3 is 1.89 bits per heavy atom. The molecule has 2 atom stereocenters. The molecule has 222 valence electrons. The third kappa shape index (κ3) is 9.54. The third-order valence-electron chi connectivity index (χ3n) is 9.75. The summed E-state index contributed by atoms with van der Waals surface area (Å²) in [7, 11) is -4.92. The van der Waals surface area contributed by atoms with Gasteiger partial charge in [0.2, 0.25) is 0 Å². The molecule has 1 rings (SSSR count). The molecule has 0 aliphatic heterocycles. The van der Waals surface area contributed by atoms with Gasteiger partial charge in [0.1, 0.15) is 0 Å². The Kier molecular flexibility index (Phi) is 11.7. The summed E-state index contributed by atoms with van der Waals surface area (Å²) in [4.78, 5) is 23.4. The van der Waals surface area contributed by atoms with E-state index in [1.807, 2.05) is 13.1 Å². The van der Waals surface area contributed by atoms with E-state index >= 15 is 0 Å². The lowest BCUT2D eigenvalue weighted by atomic mass is 9.75. The highest BCUT2D eigenvalue weighted by Crippen LogP contribution is 2.49. The predicted octanol–water partition coefficient (Wildman–Crippen LogP) is 8.59. The van der Waals surface area contributed by atoms with E-state index in [0.717, 1.165) is 24.8 Å². The number of hydrogen-bond acceptors (Lipinski definition) is 5. The van der Waals surface area contributed by atoms with Crippen LogP contribution in [0, 0.1) is 5.92 Å². The molecule has 1 saturated carbocycles. The van der Waals surface area contributed by atoms with E-state index in [1.165, 1.54) is 12.7 Å². The van der Waals surface area contributed by atoms with Gasteiger partial charge >= 0.3 is 5.97 Å². The van der Waals surface area contributed by atoms with E-state index < -0.39 is 25.0 Å². The second-order valence-electron chi connectivity index (χ2n) is 15.5. The predicted molar refractivity (Wildman–Crippen MR) is 169 cm³/mol. The Hall–Kier alpha value is -0.519. The molecule has 0 unspecified atom stereocenters. The van der Waals surface area contributed by atoms with Crippen LogP contribution in [0.4, 0.5) is 0 Å². The highest BCUT2D eigenvalue weighted by atomic mass is 28.4. The molecule has 0 aromatic rings. The van der Waals surface area contributed by atoms with Gasteiger partial charge in [0.25, 0.3) is 0 Å². The second-order valence-corrected chi connectivity index (χ2v) is 29.6. The molecule has 1 aliphatic carbocycles. The van der Waals surface area contributed by atoms with Gasteiger partial charge in [-0.2, -0.15) is 0 Å². The standard InChI is InChI=1S/C30H60O5Si3/c1-28(2,3)37(12,13)34-18-16-17-25-24(22-30(7,8)36(10,11)32)19-23(21-27(31)33-9)20-26(25)35-38(14,15)29(4,5)6/h17,21,24,26,32H,16,18-20,22H2,1-15H3/b23-21+,25-17-/t24-,26+/m0/s1. The van der Waals surface area contributed by atoms with Crippen molar-refractivity contribution in [2.24, 2.45) is 5.92 Å². The quantitative estimate of drug-likeness (QED) is 0.0915. The summed E-state index contributed by atoms with van der Waals surface area (Å²) in [5.74, 6) is -0.118. The Balaban J connectivity index is 3.50. The molecule has 0 heterocycles. The van der Waals surface area contributed by atoms with Crippen molar-refractivity contribution >= 4 is 30.9 Å². The molecule has 38 heavy (non-hydrogen) atoms. The van der Waals surface area contributed by atoms with Crippen molar-refractivity contribution in [1.29, 1.82) is 0 Å². The second kappa shape index (κ2) is 12.6. The van der Waals surface area contributed by atoms with E-state index in [1.54, 1.807) is 6.08 Å². The van der Waals surface area contributed by atoms with Crippen LogP contribution in [-0.2, 0) is 18.4 Å². The lowest BCUT2D eigenvalue weighted by Crippen LogP contribution is -2.47. The van der Waals surface area contributed by atoms with E-state index in [4.69, 9.17) is 13.6 Å². The zero-order valence-corrected chi connectivity index (χ0v) is 30.4. The van der Waals surface area contributed by atoms with Crippen molar-refractivity contribution in [3.05, 3.63) is 23.3 Å². The number of carbonyl (C=O) groups excluding carboxylic acids is 1. The average Bonchev–Trinajstić information content (AvgIpc) is 2.69. The highest BCUT2D eigenvalue weighted by Gasteiger charge is 2.45. The minimum Gasteiger partial charge on any atom is -0.466 e. The van der Waals surface area contributed by atoms with Crippen molar-refractivity contribution in [2.45, 2.75) is 142 Å². The van der Waals surface area contributed by atoms with Crippen molar-refractivity contribution in [1.82, 2.24) is 0 Å². The van der Waals surface area contributed by atoms with Crippen LogP contribution in [0.3, 0.4) is 0 Å². The molecule has 1 fully saturated rings. The van der Waals surface area contributed by atoms with Crippen LogP contribution in [0.25, 0.3) is 0 Å². The van der Waals surface area contributed by atoms with Crippen molar-refractivity contribution in [3.8, 4) is 0 Å². The fourth-order valence-electron chi connectivity index (χ4n) is 4.23. The Labute approximate surface area is 238 Å². The molecule has 0 spiro atoms. The summed E-state index contributed by atoms with van der Waals surface area (Å²) >= 11 is 0. The minimum absolute atomic E-state index is 0.0714. The van der Waals surface area contributed by atoms with Crippen molar-refractivity contribution in [2.75, 3.05) is 13.7 Å². The summed E-state index contributed by atoms with van der Waals surface area (Å²) in [6.45, 7) is 32.0. The van der Waals surface area contributed by atoms with E-state index in [2.05, 4.69) is 87.7 Å². The van der Waals surface area contributed by atoms with Crippen LogP contribution in [0.5, 0.6) is 0 Å². The van der Waals surface area contributed by atoms with Crippen LogP contribution in [0.2, 0.25) is 54.4 Å². The maximum atomic E-state index is 12.3. The molecule has 0 amide bonds. The largest absolute Gasteiger partial charge is 0.466 e. The first-order valence-electron chi connectivity index (χ1n) is 14.4. The van der Waals surface area contributed by atoms with E-state index in [9.17, 15) is 9.59 Å². The lowest BCUT2D eigenvalue weighted by molar-refractivity contribution is -0.134. The van der Waals surface area contributed by atoms with E-state index in [-0.39, 0.29) is 33.1 Å². The Bertz CT molecular complexity index is 826. The van der Waals surface area contributed by atoms with Gasteiger partial charge in [0.15, 0.2) is 25.0 Å². The normalized spacial score (nSPS) is 22.7. The molecular formula is C30H60O5Si3. The molecule has 8 heteroatoms. The van der Waals surface area contributed by atoms with Gasteiger partial charge in [-0.05, 0) is 91.6 Å². The number of hydrogen-bond donors (Lipinski definition) is 1. The Morgan fingerprint density at radius 2 is 1.45 bits per heavy atom. The molecule has 0 saturated heterocycles. The molecule has 0 radical (unpaired) electrons. The molecule has 1 aliphatic rings. The van der Waals surface area contributed by atoms with Gasteiger partial charge in [0.05, 0.1) is 13.2 Å². The topological polar surface area (TPSA) is 65.0 Å². The van der Waals surface area contributed by atoms with Crippen molar-refractivity contribution < 1.29 is 23.2 Å². The van der Waals surface area contributed by atoms with Crippen LogP contribution in [0.15, 0.2) is 23.3 Å². The summed E-state index contributed by atoms with van der Waals surface area (Å²) in [6, 6.07) is 0. The first-order valence-corrected chi connectivity index (χ1v) is 23.1. The van der Waals surface area contributed by atoms with Gasteiger partial charge in [-0.25, -0.2) is 4.79 Å². The van der Waals surface area contributed by atoms with Crippen LogP contribution >= 0.6 is 0 Å². The number of methoxy groups -OCH3 is 1. The van der Waals surface area contributed by atoms with Gasteiger partial charge in [0, 0.05) is 12.7 Å². The zero-order valence-electron chi connectivity index (χ0n) is 27.4. The fraction of sp³-hybridized carbons (Fsp3) is 0.833. The van der Waals surface area contributed by atoms with E-state index in [0.29, 0.717) is 13.0 Å². The summed E-state index contributed by atoms with van der Waals surface area (Å²) < 4.78 is 18.6. The fourth-order valence-corrected chi connectivity index (χ4v) is 7.32. The number of ether oxygens (including phenoxy) is 1. The maximum Gasteiger partial charge on any atom is 0.330 e. The van der Waals surface area contributed by atoms with Crippen LogP contribution in [-0.4, -0.2) is 55.5 Å². The first-order chi connectivity index (χ1) is 16.8. The molecule has 1 N–H and O–H groups in total. The monoisotopic (exact) mass is 584 g/mol. The van der Waals surface area contributed by atoms with Crippen LogP contribution in [0.1, 0.15) is 81.1 Å². The lowest BCUT2D eigenvalue weighted by Gasteiger charge is -2.46. The Morgan fingerprint density at radius 1 is 0.921 bits per heavy atom. The van der Waals surface area contributed by atoms with Gasteiger partial charge in [-0.1, -0.05) is 67.0 Å². The van der Waals surface area contributed by atoms with Crippen LogP contribution < -0.4 is 0 Å². The number of carbonyl (C=O) groups is 1. The van der Waals surface area contributed by atoms with Gasteiger partial charge in [-0.15, -0.1) is 0 Å². The van der Waals surface area contributed by atoms with Gasteiger partial charge in [-0.3, -0.25) is 0 Å². The molecule has 0 bridgehead atoms. The summed E-state index contributed by atoms with van der Waals surface area (Å²) in [6.07, 6.45) is 7.13. The smallest absolute Gasteiger partial charge is 0.330 e. The summed E-state index contributed by atoms with van der Waals surface area (Å²) in [5, 5.41) is 0.0576. The average molecular weight is 585 g/mol. The molecular weight excluding hydrogens is 525 g/mol. The summed E-state index contributed by atoms with van der Waals surface area (Å²) in [5.41, 5.74) is 2.40. The molecule has 0 aromatic carbocycles. The minimum atomic E-state index is -2.43.